The molecular formula is C37H52O. The molecule has 0 aliphatic heterocycles. The molecule has 2 unspecified atom stereocenters. The molecule has 38 heavy (non-hydrogen) atoms. The molecule has 2 aromatic carbocycles. The Morgan fingerprint density at radius 1 is 0.947 bits per heavy atom. The van der Waals surface area contributed by atoms with E-state index in [0.29, 0.717) is 24.5 Å². The Bertz CT molecular complexity index is 1040. The van der Waals surface area contributed by atoms with Gasteiger partial charge in [0, 0.05) is 12.8 Å². The molecule has 0 spiro atoms. The highest BCUT2D eigenvalue weighted by molar-refractivity contribution is 5.85. The fourth-order valence-corrected chi connectivity index (χ4v) is 6.27. The Morgan fingerprint density at radius 2 is 1.68 bits per heavy atom. The summed E-state index contributed by atoms with van der Waals surface area (Å²) in [6.07, 6.45) is 18.0. The van der Waals surface area contributed by atoms with E-state index in [0.717, 1.165) is 35.8 Å². The van der Waals surface area contributed by atoms with Crippen LogP contribution in [0.25, 0.3) is 11.1 Å². The van der Waals surface area contributed by atoms with E-state index in [9.17, 15) is 4.79 Å². The van der Waals surface area contributed by atoms with Crippen LogP contribution in [0, 0.1) is 24.7 Å². The van der Waals surface area contributed by atoms with E-state index in [2.05, 4.69) is 88.9 Å². The number of aryl methyl sites for hydroxylation is 2. The summed E-state index contributed by atoms with van der Waals surface area (Å²) in [4.78, 5) is 12.4. The average molecular weight is 513 g/mol. The van der Waals surface area contributed by atoms with Gasteiger partial charge >= 0.3 is 0 Å². The molecule has 0 bridgehead atoms. The molecule has 0 saturated heterocycles. The van der Waals surface area contributed by atoms with Gasteiger partial charge in [-0.15, -0.1) is 0 Å². The van der Waals surface area contributed by atoms with Crippen LogP contribution in [-0.2, 0) is 11.2 Å². The molecule has 2 aromatic rings. The number of hydrogen-bond donors (Lipinski definition) is 0. The van der Waals surface area contributed by atoms with Gasteiger partial charge < -0.3 is 0 Å². The first-order valence-electron chi connectivity index (χ1n) is 15.4. The number of rotatable bonds is 15. The van der Waals surface area contributed by atoms with Crippen LogP contribution in [0.1, 0.15) is 120 Å². The Labute approximate surface area is 233 Å². The number of unbranched alkanes of at least 4 members (excludes halogenated alkanes) is 2. The molecule has 0 aromatic heterocycles. The number of benzene rings is 2. The van der Waals surface area contributed by atoms with E-state index in [4.69, 9.17) is 0 Å². The third-order valence-corrected chi connectivity index (χ3v) is 8.50. The second-order valence-electron chi connectivity index (χ2n) is 12.2. The fraction of sp³-hybridized carbons (Fsp3) is 0.541. The summed E-state index contributed by atoms with van der Waals surface area (Å²) in [6, 6.07) is 17.6. The van der Waals surface area contributed by atoms with Crippen molar-refractivity contribution in [2.24, 2.45) is 17.8 Å². The van der Waals surface area contributed by atoms with Gasteiger partial charge in [-0.25, -0.2) is 0 Å². The van der Waals surface area contributed by atoms with Crippen LogP contribution in [0.3, 0.4) is 0 Å². The molecule has 1 saturated carbocycles. The molecule has 0 N–H and O–H groups in total. The van der Waals surface area contributed by atoms with Gasteiger partial charge in [0.15, 0.2) is 0 Å². The highest BCUT2D eigenvalue weighted by atomic mass is 16.1. The number of carbonyl (C=O) groups is 1. The first-order valence-corrected chi connectivity index (χ1v) is 15.4. The van der Waals surface area contributed by atoms with Crippen molar-refractivity contribution in [1.82, 2.24) is 0 Å². The van der Waals surface area contributed by atoms with Gasteiger partial charge in [0.1, 0.15) is 5.78 Å². The topological polar surface area (TPSA) is 17.1 Å². The van der Waals surface area contributed by atoms with Crippen LogP contribution < -0.4 is 0 Å². The maximum atomic E-state index is 12.4. The van der Waals surface area contributed by atoms with Gasteiger partial charge in [-0.3, -0.25) is 4.79 Å². The molecule has 206 valence electrons. The molecule has 1 aliphatic rings. The predicted octanol–water partition coefficient (Wildman–Crippen LogP) is 10.8. The summed E-state index contributed by atoms with van der Waals surface area (Å²) < 4.78 is 0. The lowest BCUT2D eigenvalue weighted by Crippen LogP contribution is -2.18. The fourth-order valence-electron chi connectivity index (χ4n) is 6.27. The van der Waals surface area contributed by atoms with Gasteiger partial charge in [-0.1, -0.05) is 139 Å². The average Bonchev–Trinajstić information content (AvgIpc) is 2.91. The van der Waals surface area contributed by atoms with Gasteiger partial charge in [0.25, 0.3) is 0 Å². The van der Waals surface area contributed by atoms with E-state index in [-0.39, 0.29) is 0 Å². The van der Waals surface area contributed by atoms with Crippen molar-refractivity contribution in [2.45, 2.75) is 111 Å². The number of Topliss-reactive ketones (excluding diaryl/α,β-unsaturated/α-hetero) is 1. The van der Waals surface area contributed by atoms with Crippen molar-refractivity contribution >= 4 is 16.9 Å². The molecule has 0 amide bonds. The molecular weight excluding hydrogens is 460 g/mol. The van der Waals surface area contributed by atoms with E-state index in [1.807, 2.05) is 0 Å². The number of allylic oxidation sites excluding steroid dienone is 3. The standard InChI is InChI=1S/C37H52O/c1-6-32-15-10-11-17-34(32)16-9-7-8-14-31-19-21-33(22-20-31)30(5)27-36(23-24-37(38)25-28(2)3)35-18-12-13-29(4)26-35/h12-13,18-22,26-28,32,34H,5-11,14-17,23-25H2,1-4H3/b36-27+. The van der Waals surface area contributed by atoms with Gasteiger partial charge in [0.05, 0.1) is 0 Å². The summed E-state index contributed by atoms with van der Waals surface area (Å²) in [5.74, 6) is 2.74. The Balaban J connectivity index is 1.54. The van der Waals surface area contributed by atoms with E-state index in [1.165, 1.54) is 80.1 Å². The maximum absolute atomic E-state index is 12.4. The number of hydrogen-bond acceptors (Lipinski definition) is 1. The molecule has 1 nitrogen and oxygen atoms in total. The number of carbonyl (C=O) groups excluding carboxylic acids is 1. The van der Waals surface area contributed by atoms with Crippen LogP contribution in [0.5, 0.6) is 0 Å². The Hall–Kier alpha value is -2.41. The maximum Gasteiger partial charge on any atom is 0.133 e. The van der Waals surface area contributed by atoms with Crippen LogP contribution in [0.4, 0.5) is 0 Å². The quantitative estimate of drug-likeness (QED) is 0.171. The van der Waals surface area contributed by atoms with Crippen molar-refractivity contribution < 1.29 is 4.79 Å². The molecule has 3 rings (SSSR count). The molecule has 0 radical (unpaired) electrons. The minimum Gasteiger partial charge on any atom is -0.300 e. The van der Waals surface area contributed by atoms with Crippen molar-refractivity contribution in [3.05, 3.63) is 83.4 Å². The zero-order chi connectivity index (χ0) is 27.3. The minimum absolute atomic E-state index is 0.345. The van der Waals surface area contributed by atoms with E-state index < -0.39 is 0 Å². The lowest BCUT2D eigenvalue weighted by Gasteiger charge is -2.30. The SMILES string of the molecule is C=C(/C=C(\CCC(=O)CC(C)C)c1cccc(C)c1)c1ccc(CCCCCC2CCCCC2CC)cc1. The summed E-state index contributed by atoms with van der Waals surface area (Å²) in [6.45, 7) is 13.1. The van der Waals surface area contributed by atoms with E-state index in [1.54, 1.807) is 0 Å². The molecule has 0 heterocycles. The van der Waals surface area contributed by atoms with Crippen LogP contribution in [0.15, 0.2) is 61.2 Å². The minimum atomic E-state index is 0.345. The van der Waals surface area contributed by atoms with Gasteiger partial charge in [-0.05, 0) is 71.8 Å². The monoisotopic (exact) mass is 512 g/mol. The van der Waals surface area contributed by atoms with Crippen LogP contribution in [-0.4, -0.2) is 5.78 Å². The predicted molar refractivity (Wildman–Crippen MR) is 166 cm³/mol. The third kappa shape index (κ3) is 10.0. The largest absolute Gasteiger partial charge is 0.300 e. The lowest BCUT2D eigenvalue weighted by molar-refractivity contribution is -0.119. The summed E-state index contributed by atoms with van der Waals surface area (Å²) in [5.41, 5.74) is 7.23. The molecule has 1 aliphatic carbocycles. The zero-order valence-electron chi connectivity index (χ0n) is 24.7. The van der Waals surface area contributed by atoms with Crippen molar-refractivity contribution in [3.63, 3.8) is 0 Å². The number of ketones is 1. The summed E-state index contributed by atoms with van der Waals surface area (Å²) in [7, 11) is 0. The van der Waals surface area contributed by atoms with Crippen molar-refractivity contribution in [2.75, 3.05) is 0 Å². The summed E-state index contributed by atoms with van der Waals surface area (Å²) in [5, 5.41) is 0. The Morgan fingerprint density at radius 3 is 2.37 bits per heavy atom. The smallest absolute Gasteiger partial charge is 0.133 e. The Kier molecular flexibility index (Phi) is 12.6. The highest BCUT2D eigenvalue weighted by Gasteiger charge is 2.22. The van der Waals surface area contributed by atoms with Crippen molar-refractivity contribution in [1.29, 1.82) is 0 Å². The second-order valence-corrected chi connectivity index (χ2v) is 12.2. The van der Waals surface area contributed by atoms with Gasteiger partial charge in [-0.2, -0.15) is 0 Å². The normalized spacial score (nSPS) is 18.1. The zero-order valence-corrected chi connectivity index (χ0v) is 24.7. The molecule has 1 heteroatoms. The van der Waals surface area contributed by atoms with Crippen molar-refractivity contribution in [3.8, 4) is 0 Å². The lowest BCUT2D eigenvalue weighted by atomic mass is 9.75. The van der Waals surface area contributed by atoms with Gasteiger partial charge in [0.2, 0.25) is 0 Å². The summed E-state index contributed by atoms with van der Waals surface area (Å²) >= 11 is 0. The van der Waals surface area contributed by atoms with Crippen LogP contribution in [0.2, 0.25) is 0 Å². The van der Waals surface area contributed by atoms with Crippen LogP contribution >= 0.6 is 0 Å². The molecule has 2 atom stereocenters. The highest BCUT2D eigenvalue weighted by Crippen LogP contribution is 2.35. The first kappa shape index (κ1) is 30.1. The third-order valence-electron chi connectivity index (χ3n) is 8.50. The first-order chi connectivity index (χ1) is 18.4. The molecule has 1 fully saturated rings. The van der Waals surface area contributed by atoms with E-state index >= 15 is 0 Å². The second kappa shape index (κ2) is 15.9.